The van der Waals surface area contributed by atoms with Crippen LogP contribution < -0.4 is 0 Å². The van der Waals surface area contributed by atoms with Gasteiger partial charge in [0.05, 0.1) is 0 Å². The molecule has 0 aliphatic rings. The molecule has 0 N–H and O–H groups in total. The summed E-state index contributed by atoms with van der Waals surface area (Å²) in [6.45, 7) is 1.97. The van der Waals surface area contributed by atoms with E-state index < -0.39 is 0 Å². The van der Waals surface area contributed by atoms with E-state index in [4.69, 9.17) is 4.52 Å². The maximum atomic E-state index is 10.0. The van der Waals surface area contributed by atoms with Gasteiger partial charge in [-0.15, -0.1) is 4.99 Å². The van der Waals surface area contributed by atoms with E-state index in [2.05, 4.69) is 10.1 Å². The Kier molecular flexibility index (Phi) is 2.44. The zero-order chi connectivity index (χ0) is 10.7. The van der Waals surface area contributed by atoms with Crippen LogP contribution in [0.15, 0.2) is 39.8 Å². The molecular weight excluding hydrogens is 192 g/mol. The molecule has 0 fully saturated rings. The third-order valence-corrected chi connectivity index (χ3v) is 2.07. The van der Waals surface area contributed by atoms with Crippen molar-refractivity contribution in [2.45, 2.75) is 6.92 Å². The van der Waals surface area contributed by atoms with Gasteiger partial charge in [-0.1, -0.05) is 29.4 Å². The van der Waals surface area contributed by atoms with Crippen LogP contribution in [0.3, 0.4) is 0 Å². The highest BCUT2D eigenvalue weighted by molar-refractivity contribution is 5.64. The molecule has 0 saturated heterocycles. The van der Waals surface area contributed by atoms with Gasteiger partial charge in [0, 0.05) is 11.6 Å². The number of rotatable bonds is 2. The second-order valence-electron chi connectivity index (χ2n) is 3.07. The summed E-state index contributed by atoms with van der Waals surface area (Å²) in [5.74, 6) is 0.838. The van der Waals surface area contributed by atoms with Crippen LogP contribution in [0.1, 0.15) is 5.56 Å². The third-order valence-electron chi connectivity index (χ3n) is 2.07. The number of isocyanates is 1. The predicted molar refractivity (Wildman–Crippen MR) is 54.5 cm³/mol. The van der Waals surface area contributed by atoms with Gasteiger partial charge in [-0.05, 0) is 12.5 Å². The molecule has 0 atom stereocenters. The molecule has 0 aliphatic carbocycles. The van der Waals surface area contributed by atoms with E-state index >= 15 is 0 Å². The average molecular weight is 200 g/mol. The Morgan fingerprint density at radius 1 is 1.40 bits per heavy atom. The van der Waals surface area contributed by atoms with E-state index in [0.29, 0.717) is 5.76 Å². The summed E-state index contributed by atoms with van der Waals surface area (Å²) in [6, 6.07) is 9.35. The highest BCUT2D eigenvalue weighted by Gasteiger charge is 2.07. The van der Waals surface area contributed by atoms with Crippen molar-refractivity contribution >= 4 is 11.9 Å². The van der Waals surface area contributed by atoms with Crippen molar-refractivity contribution in [1.82, 2.24) is 5.16 Å². The van der Waals surface area contributed by atoms with Gasteiger partial charge in [-0.25, -0.2) is 4.79 Å². The molecule has 1 aromatic carbocycles. The van der Waals surface area contributed by atoms with E-state index in [1.165, 1.54) is 6.08 Å². The van der Waals surface area contributed by atoms with Crippen molar-refractivity contribution in [3.8, 4) is 11.3 Å². The molecule has 2 aromatic rings. The second kappa shape index (κ2) is 3.90. The quantitative estimate of drug-likeness (QED) is 0.553. The number of aryl methyl sites for hydroxylation is 1. The topological polar surface area (TPSA) is 55.5 Å². The fourth-order valence-corrected chi connectivity index (χ4v) is 1.34. The number of benzene rings is 1. The number of carbonyl (C=O) groups excluding carboxylic acids is 1. The van der Waals surface area contributed by atoms with Crippen LogP contribution in [0.5, 0.6) is 0 Å². The van der Waals surface area contributed by atoms with Gasteiger partial charge < -0.3 is 4.52 Å². The van der Waals surface area contributed by atoms with Crippen LogP contribution in [-0.4, -0.2) is 11.2 Å². The van der Waals surface area contributed by atoms with Gasteiger partial charge in [0.15, 0.2) is 5.76 Å². The summed E-state index contributed by atoms with van der Waals surface area (Å²) in [5.41, 5.74) is 2.02. The molecule has 0 radical (unpaired) electrons. The molecule has 74 valence electrons. The monoisotopic (exact) mass is 200 g/mol. The fraction of sp³-hybridized carbons (Fsp3) is 0.0909. The van der Waals surface area contributed by atoms with Gasteiger partial charge in [0.2, 0.25) is 11.9 Å². The first kappa shape index (κ1) is 9.37. The van der Waals surface area contributed by atoms with Gasteiger partial charge >= 0.3 is 0 Å². The van der Waals surface area contributed by atoms with E-state index in [-0.39, 0.29) is 5.82 Å². The summed E-state index contributed by atoms with van der Waals surface area (Å²) >= 11 is 0. The van der Waals surface area contributed by atoms with Crippen molar-refractivity contribution in [2.24, 2.45) is 4.99 Å². The first-order chi connectivity index (χ1) is 7.31. The molecule has 1 heterocycles. The zero-order valence-corrected chi connectivity index (χ0v) is 8.10. The summed E-state index contributed by atoms with van der Waals surface area (Å²) in [5, 5.41) is 3.62. The standard InChI is InChI=1S/C11H8N2O2/c1-8-4-2-3-5-9(8)10-6-11(12-7-14)13-15-10/h2-6H,1H3. The Morgan fingerprint density at radius 2 is 2.20 bits per heavy atom. The number of aromatic nitrogens is 1. The Bertz CT molecular complexity index is 525. The highest BCUT2D eigenvalue weighted by atomic mass is 16.5. The predicted octanol–water partition coefficient (Wildman–Crippen LogP) is 2.62. The SMILES string of the molecule is Cc1ccccc1-c1cc(N=C=O)no1. The molecule has 4 heteroatoms. The third kappa shape index (κ3) is 1.85. The molecule has 0 amide bonds. The van der Waals surface area contributed by atoms with Gasteiger partial charge in [0.25, 0.3) is 0 Å². The maximum absolute atomic E-state index is 10.0. The zero-order valence-electron chi connectivity index (χ0n) is 8.10. The first-order valence-electron chi connectivity index (χ1n) is 4.42. The molecule has 15 heavy (non-hydrogen) atoms. The minimum absolute atomic E-state index is 0.239. The number of hydrogen-bond donors (Lipinski definition) is 0. The molecule has 0 aliphatic heterocycles. The smallest absolute Gasteiger partial charge is 0.242 e. The van der Waals surface area contributed by atoms with Gasteiger partial charge in [-0.2, -0.15) is 0 Å². The Hall–Kier alpha value is -2.19. The number of aliphatic imine (C=N–C) groups is 1. The number of hydrogen-bond acceptors (Lipinski definition) is 4. The Morgan fingerprint density at radius 3 is 2.93 bits per heavy atom. The second-order valence-corrected chi connectivity index (χ2v) is 3.07. The molecule has 0 bridgehead atoms. The van der Waals surface area contributed by atoms with Crippen LogP contribution in [0, 0.1) is 6.92 Å². The van der Waals surface area contributed by atoms with E-state index in [9.17, 15) is 4.79 Å². The average Bonchev–Trinajstić information content (AvgIpc) is 2.68. The molecule has 0 spiro atoms. The molecule has 1 aromatic heterocycles. The largest absolute Gasteiger partial charge is 0.354 e. The van der Waals surface area contributed by atoms with E-state index in [0.717, 1.165) is 11.1 Å². The van der Waals surface area contributed by atoms with Crippen molar-refractivity contribution < 1.29 is 9.32 Å². The molecular formula is C11H8N2O2. The molecule has 0 unspecified atom stereocenters. The van der Waals surface area contributed by atoms with Crippen LogP contribution in [-0.2, 0) is 4.79 Å². The molecule has 0 saturated carbocycles. The molecule has 4 nitrogen and oxygen atoms in total. The van der Waals surface area contributed by atoms with Gasteiger partial charge in [0.1, 0.15) is 0 Å². The van der Waals surface area contributed by atoms with Crippen molar-refractivity contribution in [3.63, 3.8) is 0 Å². The lowest BCUT2D eigenvalue weighted by molar-refractivity contribution is 0.434. The van der Waals surface area contributed by atoms with Crippen LogP contribution >= 0.6 is 0 Å². The summed E-state index contributed by atoms with van der Waals surface area (Å²) in [7, 11) is 0. The van der Waals surface area contributed by atoms with Crippen molar-refractivity contribution in [1.29, 1.82) is 0 Å². The van der Waals surface area contributed by atoms with Crippen molar-refractivity contribution in [2.75, 3.05) is 0 Å². The number of nitrogens with zero attached hydrogens (tertiary/aromatic N) is 2. The lowest BCUT2D eigenvalue weighted by Gasteiger charge is -1.98. The molecule has 2 rings (SSSR count). The highest BCUT2D eigenvalue weighted by Crippen LogP contribution is 2.25. The fourth-order valence-electron chi connectivity index (χ4n) is 1.34. The normalized spacial score (nSPS) is 9.67. The van der Waals surface area contributed by atoms with Crippen molar-refractivity contribution in [3.05, 3.63) is 35.9 Å². The summed E-state index contributed by atoms with van der Waals surface area (Å²) in [6.07, 6.45) is 1.42. The maximum Gasteiger partial charge on any atom is 0.242 e. The summed E-state index contributed by atoms with van der Waals surface area (Å²) in [4.78, 5) is 13.4. The van der Waals surface area contributed by atoms with Crippen LogP contribution in [0.4, 0.5) is 5.82 Å². The lowest BCUT2D eigenvalue weighted by Crippen LogP contribution is -1.78. The summed E-state index contributed by atoms with van der Waals surface area (Å²) < 4.78 is 5.06. The lowest BCUT2D eigenvalue weighted by atomic mass is 10.1. The minimum Gasteiger partial charge on any atom is -0.354 e. The van der Waals surface area contributed by atoms with Crippen LogP contribution in [0.2, 0.25) is 0 Å². The van der Waals surface area contributed by atoms with E-state index in [1.54, 1.807) is 6.07 Å². The van der Waals surface area contributed by atoms with E-state index in [1.807, 2.05) is 31.2 Å². The minimum atomic E-state index is 0.239. The Labute approximate surface area is 86.2 Å². The van der Waals surface area contributed by atoms with Crippen LogP contribution in [0.25, 0.3) is 11.3 Å². The van der Waals surface area contributed by atoms with Gasteiger partial charge in [-0.3, -0.25) is 0 Å². The Balaban J connectivity index is 2.46. The first-order valence-corrected chi connectivity index (χ1v) is 4.42.